The van der Waals surface area contributed by atoms with Crippen LogP contribution < -0.4 is 5.32 Å². The summed E-state index contributed by atoms with van der Waals surface area (Å²) in [6.07, 6.45) is 2.93. The Morgan fingerprint density at radius 2 is 1.94 bits per heavy atom. The molecule has 2 heterocycles. The van der Waals surface area contributed by atoms with Crippen molar-refractivity contribution >= 4 is 5.91 Å². The Balaban J connectivity index is 1.25. The molecule has 6 heteroatoms. The molecule has 166 valence electrons. The standard InChI is InChI=1S/C26H30N4O2/c1-19-8-5-6-12-23(19)30-24-13-7-11-22(24)25(28-30)26(31)27-16-21-18-29(14-15-32-21)17-20-9-3-2-4-10-20/h2-6,8-10,12,21H,7,11,13-18H2,1H3,(H,27,31). The predicted octanol–water partition coefficient (Wildman–Crippen LogP) is 3.30. The van der Waals surface area contributed by atoms with Crippen LogP contribution in [0.1, 0.15) is 39.3 Å². The van der Waals surface area contributed by atoms with E-state index in [-0.39, 0.29) is 12.0 Å². The molecule has 1 fully saturated rings. The maximum Gasteiger partial charge on any atom is 0.272 e. The number of benzene rings is 2. The van der Waals surface area contributed by atoms with Crippen LogP contribution in [0.3, 0.4) is 0 Å². The monoisotopic (exact) mass is 430 g/mol. The minimum absolute atomic E-state index is 0.0112. The molecule has 2 aromatic carbocycles. The third-order valence-corrected chi connectivity index (χ3v) is 6.45. The maximum atomic E-state index is 13.1. The summed E-state index contributed by atoms with van der Waals surface area (Å²) >= 11 is 0. The lowest BCUT2D eigenvalue weighted by atomic mass is 10.1. The van der Waals surface area contributed by atoms with E-state index >= 15 is 0 Å². The van der Waals surface area contributed by atoms with E-state index < -0.39 is 0 Å². The normalized spacial score (nSPS) is 18.5. The number of carbonyl (C=O) groups is 1. The lowest BCUT2D eigenvalue weighted by Crippen LogP contribution is -2.47. The highest BCUT2D eigenvalue weighted by Gasteiger charge is 2.28. The van der Waals surface area contributed by atoms with E-state index in [0.717, 1.165) is 55.7 Å². The van der Waals surface area contributed by atoms with E-state index in [2.05, 4.69) is 53.5 Å². The largest absolute Gasteiger partial charge is 0.374 e. The van der Waals surface area contributed by atoms with Gasteiger partial charge in [0, 0.05) is 37.4 Å². The van der Waals surface area contributed by atoms with Gasteiger partial charge in [-0.15, -0.1) is 0 Å². The van der Waals surface area contributed by atoms with Crippen LogP contribution in [0.25, 0.3) is 5.69 Å². The number of nitrogens with one attached hydrogen (secondary N) is 1. The van der Waals surface area contributed by atoms with E-state index in [1.807, 2.05) is 22.9 Å². The average molecular weight is 431 g/mol. The molecule has 1 unspecified atom stereocenters. The van der Waals surface area contributed by atoms with Crippen molar-refractivity contribution in [3.8, 4) is 5.69 Å². The number of hydrogen-bond acceptors (Lipinski definition) is 4. The van der Waals surface area contributed by atoms with Crippen LogP contribution in [-0.4, -0.2) is 52.9 Å². The molecule has 1 aromatic heterocycles. The second kappa shape index (κ2) is 9.27. The molecule has 1 saturated heterocycles. The first-order chi connectivity index (χ1) is 15.7. The summed E-state index contributed by atoms with van der Waals surface area (Å²) in [7, 11) is 0. The van der Waals surface area contributed by atoms with Crippen LogP contribution in [0.5, 0.6) is 0 Å². The molecular formula is C26H30N4O2. The molecule has 0 saturated carbocycles. The van der Waals surface area contributed by atoms with E-state index in [1.165, 1.54) is 11.3 Å². The van der Waals surface area contributed by atoms with Gasteiger partial charge in [0.05, 0.1) is 18.4 Å². The zero-order valence-corrected chi connectivity index (χ0v) is 18.6. The SMILES string of the molecule is Cc1ccccc1-n1nc(C(=O)NCC2CN(Cc3ccccc3)CCO2)c2c1CCC2. The van der Waals surface area contributed by atoms with E-state index in [0.29, 0.717) is 18.8 Å². The van der Waals surface area contributed by atoms with E-state index in [1.54, 1.807) is 0 Å². The fourth-order valence-electron chi connectivity index (χ4n) is 4.80. The minimum Gasteiger partial charge on any atom is -0.374 e. The van der Waals surface area contributed by atoms with Crippen molar-refractivity contribution in [2.45, 2.75) is 38.8 Å². The van der Waals surface area contributed by atoms with Gasteiger partial charge in [0.2, 0.25) is 0 Å². The predicted molar refractivity (Wildman–Crippen MR) is 124 cm³/mol. The number of fused-ring (bicyclic) bond motifs is 1. The molecule has 1 N–H and O–H groups in total. The van der Waals surface area contributed by atoms with Gasteiger partial charge in [0.1, 0.15) is 0 Å². The second-order valence-electron chi connectivity index (χ2n) is 8.75. The van der Waals surface area contributed by atoms with E-state index in [9.17, 15) is 4.79 Å². The molecule has 0 spiro atoms. The number of ether oxygens (including phenoxy) is 1. The fraction of sp³-hybridized carbons (Fsp3) is 0.385. The van der Waals surface area contributed by atoms with Crippen molar-refractivity contribution in [2.75, 3.05) is 26.2 Å². The molecule has 32 heavy (non-hydrogen) atoms. The zero-order chi connectivity index (χ0) is 21.9. The Kier molecular flexibility index (Phi) is 6.06. The van der Waals surface area contributed by atoms with Crippen LogP contribution in [0.4, 0.5) is 0 Å². The highest BCUT2D eigenvalue weighted by Crippen LogP contribution is 2.28. The second-order valence-corrected chi connectivity index (χ2v) is 8.75. The van der Waals surface area contributed by atoms with Crippen LogP contribution in [0, 0.1) is 6.92 Å². The summed E-state index contributed by atoms with van der Waals surface area (Å²) in [5.41, 5.74) is 6.35. The van der Waals surface area contributed by atoms with Gasteiger partial charge < -0.3 is 10.1 Å². The number of nitrogens with zero attached hydrogens (tertiary/aromatic N) is 3. The molecule has 3 aromatic rings. The molecule has 2 aliphatic rings. The number of morpholine rings is 1. The van der Waals surface area contributed by atoms with Gasteiger partial charge in [0.25, 0.3) is 5.91 Å². The minimum atomic E-state index is -0.0979. The van der Waals surface area contributed by atoms with Crippen LogP contribution in [-0.2, 0) is 24.1 Å². The van der Waals surface area contributed by atoms with Gasteiger partial charge >= 0.3 is 0 Å². The van der Waals surface area contributed by atoms with Crippen LogP contribution >= 0.6 is 0 Å². The molecule has 1 aliphatic heterocycles. The molecule has 0 bridgehead atoms. The molecular weight excluding hydrogens is 400 g/mol. The average Bonchev–Trinajstić information content (AvgIpc) is 3.42. The van der Waals surface area contributed by atoms with Gasteiger partial charge in [0.15, 0.2) is 5.69 Å². The first-order valence-corrected chi connectivity index (χ1v) is 11.5. The first-order valence-electron chi connectivity index (χ1n) is 11.5. The van der Waals surface area contributed by atoms with Crippen molar-refractivity contribution in [1.82, 2.24) is 20.0 Å². The fourth-order valence-corrected chi connectivity index (χ4v) is 4.80. The van der Waals surface area contributed by atoms with Crippen molar-refractivity contribution < 1.29 is 9.53 Å². The Labute approximate surface area is 189 Å². The first kappa shape index (κ1) is 20.9. The lowest BCUT2D eigenvalue weighted by molar-refractivity contribution is -0.0292. The zero-order valence-electron chi connectivity index (χ0n) is 18.6. The number of aromatic nitrogens is 2. The molecule has 6 nitrogen and oxygen atoms in total. The van der Waals surface area contributed by atoms with E-state index in [4.69, 9.17) is 9.84 Å². The molecule has 1 atom stereocenters. The van der Waals surface area contributed by atoms with Crippen molar-refractivity contribution in [1.29, 1.82) is 0 Å². The Hall–Kier alpha value is -2.96. The van der Waals surface area contributed by atoms with Gasteiger partial charge in [-0.25, -0.2) is 4.68 Å². The summed E-state index contributed by atoms with van der Waals surface area (Å²) in [6.45, 7) is 5.89. The molecule has 1 amide bonds. The number of rotatable bonds is 6. The van der Waals surface area contributed by atoms with Crippen molar-refractivity contribution in [3.63, 3.8) is 0 Å². The summed E-state index contributed by atoms with van der Waals surface area (Å²) in [5, 5.41) is 7.85. The number of para-hydroxylation sites is 1. The summed E-state index contributed by atoms with van der Waals surface area (Å²) < 4.78 is 7.91. The molecule has 1 aliphatic carbocycles. The Bertz CT molecular complexity index is 1090. The van der Waals surface area contributed by atoms with Gasteiger partial charge in [-0.3, -0.25) is 9.69 Å². The van der Waals surface area contributed by atoms with Gasteiger partial charge in [-0.05, 0) is 43.4 Å². The van der Waals surface area contributed by atoms with Gasteiger partial charge in [-0.2, -0.15) is 5.10 Å². The number of aryl methyl sites for hydroxylation is 1. The van der Waals surface area contributed by atoms with Crippen molar-refractivity contribution in [2.24, 2.45) is 0 Å². The summed E-state index contributed by atoms with van der Waals surface area (Å²) in [6, 6.07) is 18.7. The number of amides is 1. The molecule has 0 radical (unpaired) electrons. The highest BCUT2D eigenvalue weighted by atomic mass is 16.5. The topological polar surface area (TPSA) is 59.4 Å². The quantitative estimate of drug-likeness (QED) is 0.652. The van der Waals surface area contributed by atoms with Gasteiger partial charge in [-0.1, -0.05) is 48.5 Å². The number of hydrogen-bond donors (Lipinski definition) is 1. The highest BCUT2D eigenvalue weighted by molar-refractivity contribution is 5.94. The van der Waals surface area contributed by atoms with Crippen LogP contribution in [0.15, 0.2) is 54.6 Å². The maximum absolute atomic E-state index is 13.1. The smallest absolute Gasteiger partial charge is 0.272 e. The van der Waals surface area contributed by atoms with Crippen LogP contribution in [0.2, 0.25) is 0 Å². The Morgan fingerprint density at radius 1 is 1.12 bits per heavy atom. The third kappa shape index (κ3) is 4.33. The summed E-state index contributed by atoms with van der Waals surface area (Å²) in [5.74, 6) is -0.0979. The summed E-state index contributed by atoms with van der Waals surface area (Å²) in [4.78, 5) is 15.5. The Morgan fingerprint density at radius 3 is 2.78 bits per heavy atom. The molecule has 5 rings (SSSR count). The lowest BCUT2D eigenvalue weighted by Gasteiger charge is -2.33. The third-order valence-electron chi connectivity index (χ3n) is 6.45. The number of carbonyl (C=O) groups excluding carboxylic acids is 1. The van der Waals surface area contributed by atoms with Crippen molar-refractivity contribution in [3.05, 3.63) is 82.7 Å².